The molecule has 0 spiro atoms. The third-order valence-electron chi connectivity index (χ3n) is 6.49. The number of ether oxygens (including phenoxy) is 1. The molecule has 4 N–H and O–H groups in total. The minimum Gasteiger partial charge on any atom is -0.481 e. The number of likely N-dealkylation sites (N-methyl/N-ethyl adjacent to an activating group) is 1. The molecule has 192 valence electrons. The summed E-state index contributed by atoms with van der Waals surface area (Å²) in [5.74, 6) is -1.15. The minimum atomic E-state index is -0.653. The number of hydrogen-bond acceptors (Lipinski definition) is 5. The molecule has 0 aliphatic heterocycles. The highest BCUT2D eigenvalue weighted by Gasteiger charge is 2.23. The van der Waals surface area contributed by atoms with E-state index in [9.17, 15) is 9.59 Å². The van der Waals surface area contributed by atoms with Crippen LogP contribution in [0.25, 0.3) is 22.4 Å². The van der Waals surface area contributed by atoms with Crippen LogP contribution in [-0.4, -0.2) is 37.5 Å². The van der Waals surface area contributed by atoms with Gasteiger partial charge in [0.1, 0.15) is 11.4 Å². The van der Waals surface area contributed by atoms with Crippen LogP contribution >= 0.6 is 11.6 Å². The summed E-state index contributed by atoms with van der Waals surface area (Å²) in [6.45, 7) is 1.69. The Kier molecular flexibility index (Phi) is 7.90. The number of carbonyl (C=O) groups excluding carboxylic acids is 2. The third kappa shape index (κ3) is 5.08. The second kappa shape index (κ2) is 11.1. The quantitative estimate of drug-likeness (QED) is 0.239. The van der Waals surface area contributed by atoms with Crippen LogP contribution in [0.3, 0.4) is 0 Å². The van der Waals surface area contributed by atoms with Crippen LogP contribution in [0, 0.1) is 12.7 Å². The summed E-state index contributed by atoms with van der Waals surface area (Å²) in [6.07, 6.45) is 4.22. The standard InChI is InChI=1S/C28H28ClFN4O3/c1-15-22(33-27(36)20(12-13-31)26(35)32-2)11-10-21(30)24(15)19-9-5-8-18(25(19)29)23-14-16-6-4-7-17(16)28(34-23)37-3/h5,8-12,14H,4,6-7,13,31H2,1-3H3,(H,32,35)(H,33,36)/b20-12+. The molecule has 0 saturated heterocycles. The van der Waals surface area contributed by atoms with Gasteiger partial charge in [-0.15, -0.1) is 0 Å². The zero-order chi connectivity index (χ0) is 26.7. The maximum atomic E-state index is 15.2. The van der Waals surface area contributed by atoms with E-state index in [1.54, 1.807) is 26.2 Å². The third-order valence-corrected chi connectivity index (χ3v) is 6.90. The largest absolute Gasteiger partial charge is 0.481 e. The predicted molar refractivity (Wildman–Crippen MR) is 143 cm³/mol. The fourth-order valence-corrected chi connectivity index (χ4v) is 4.97. The van der Waals surface area contributed by atoms with Gasteiger partial charge in [0.05, 0.1) is 17.8 Å². The lowest BCUT2D eigenvalue weighted by atomic mass is 9.95. The van der Waals surface area contributed by atoms with Crippen LogP contribution in [0.1, 0.15) is 23.1 Å². The van der Waals surface area contributed by atoms with E-state index in [-0.39, 0.29) is 17.7 Å². The van der Waals surface area contributed by atoms with Crippen molar-refractivity contribution in [3.8, 4) is 28.3 Å². The number of aryl methyl sites for hydroxylation is 1. The van der Waals surface area contributed by atoms with E-state index < -0.39 is 17.6 Å². The van der Waals surface area contributed by atoms with Crippen LogP contribution in [0.2, 0.25) is 5.02 Å². The molecular formula is C28H28ClFN4O3. The van der Waals surface area contributed by atoms with Crippen LogP contribution in [-0.2, 0) is 22.4 Å². The Labute approximate surface area is 219 Å². The highest BCUT2D eigenvalue weighted by molar-refractivity contribution is 6.36. The number of fused-ring (bicyclic) bond motifs is 1. The fraction of sp³-hybridized carbons (Fsp3) is 0.250. The molecule has 0 fully saturated rings. The molecule has 2 aromatic carbocycles. The fourth-order valence-electron chi connectivity index (χ4n) is 4.65. The number of carbonyl (C=O) groups is 2. The maximum Gasteiger partial charge on any atom is 0.260 e. The number of hydrogen-bond donors (Lipinski definition) is 3. The Morgan fingerprint density at radius 2 is 1.95 bits per heavy atom. The lowest BCUT2D eigenvalue weighted by molar-refractivity contribution is -0.121. The molecule has 0 unspecified atom stereocenters. The van der Waals surface area contributed by atoms with Crippen LogP contribution in [0.15, 0.2) is 48.0 Å². The van der Waals surface area contributed by atoms with E-state index in [1.807, 2.05) is 12.1 Å². The average Bonchev–Trinajstić information content (AvgIpc) is 3.37. The van der Waals surface area contributed by atoms with Crippen LogP contribution < -0.4 is 21.1 Å². The number of halogens is 2. The summed E-state index contributed by atoms with van der Waals surface area (Å²) in [5.41, 5.74) is 10.5. The molecule has 0 saturated carbocycles. The van der Waals surface area contributed by atoms with Gasteiger partial charge in [0.15, 0.2) is 0 Å². The summed E-state index contributed by atoms with van der Waals surface area (Å²) in [6, 6.07) is 10.1. The first-order valence-corrected chi connectivity index (χ1v) is 12.3. The van der Waals surface area contributed by atoms with Crippen molar-refractivity contribution >= 4 is 29.1 Å². The van der Waals surface area contributed by atoms with Crippen molar-refractivity contribution in [3.05, 3.63) is 75.6 Å². The zero-order valence-electron chi connectivity index (χ0n) is 20.9. The number of rotatable bonds is 7. The molecule has 0 radical (unpaired) electrons. The number of anilines is 1. The van der Waals surface area contributed by atoms with Gasteiger partial charge >= 0.3 is 0 Å². The Morgan fingerprint density at radius 1 is 1.19 bits per heavy atom. The summed E-state index contributed by atoms with van der Waals surface area (Å²) >= 11 is 6.87. The first kappa shape index (κ1) is 26.3. The predicted octanol–water partition coefficient (Wildman–Crippen LogP) is 4.58. The summed E-state index contributed by atoms with van der Waals surface area (Å²) < 4.78 is 20.8. The van der Waals surface area contributed by atoms with E-state index >= 15 is 4.39 Å². The number of pyridine rings is 1. The molecule has 37 heavy (non-hydrogen) atoms. The van der Waals surface area contributed by atoms with Crippen molar-refractivity contribution in [2.45, 2.75) is 26.2 Å². The summed E-state index contributed by atoms with van der Waals surface area (Å²) in [5, 5.41) is 5.44. The van der Waals surface area contributed by atoms with Gasteiger partial charge in [-0.3, -0.25) is 9.59 Å². The van der Waals surface area contributed by atoms with Crippen molar-refractivity contribution in [1.29, 1.82) is 0 Å². The molecule has 1 aromatic heterocycles. The minimum absolute atomic E-state index is 0.00768. The monoisotopic (exact) mass is 522 g/mol. The van der Waals surface area contributed by atoms with Gasteiger partial charge < -0.3 is 21.1 Å². The molecule has 2 amide bonds. The summed E-state index contributed by atoms with van der Waals surface area (Å²) in [7, 11) is 3.02. The van der Waals surface area contributed by atoms with Crippen molar-refractivity contribution in [3.63, 3.8) is 0 Å². The molecule has 4 rings (SSSR count). The van der Waals surface area contributed by atoms with Crippen molar-refractivity contribution in [2.75, 3.05) is 26.0 Å². The molecule has 1 aliphatic carbocycles. The lowest BCUT2D eigenvalue weighted by Crippen LogP contribution is -2.29. The lowest BCUT2D eigenvalue weighted by Gasteiger charge is -2.17. The molecule has 0 atom stereocenters. The Bertz CT molecular complexity index is 1420. The van der Waals surface area contributed by atoms with Gasteiger partial charge in [-0.1, -0.05) is 35.9 Å². The van der Waals surface area contributed by atoms with E-state index in [1.165, 1.54) is 30.8 Å². The molecule has 9 heteroatoms. The number of aromatic nitrogens is 1. The second-order valence-corrected chi connectivity index (χ2v) is 9.03. The molecule has 0 bridgehead atoms. The van der Waals surface area contributed by atoms with E-state index in [4.69, 9.17) is 22.1 Å². The van der Waals surface area contributed by atoms with E-state index in [2.05, 4.69) is 15.6 Å². The van der Waals surface area contributed by atoms with Gasteiger partial charge in [0, 0.05) is 41.5 Å². The summed E-state index contributed by atoms with van der Waals surface area (Å²) in [4.78, 5) is 29.6. The SMILES string of the molecule is CNC(=O)/C(=C\CN)C(=O)Nc1ccc(F)c(-c2cccc(-c3cc4c(c(OC)n3)CCC4)c2Cl)c1C. The molecule has 3 aromatic rings. The first-order chi connectivity index (χ1) is 17.8. The second-order valence-electron chi connectivity index (χ2n) is 8.66. The molecule has 1 aliphatic rings. The van der Waals surface area contributed by atoms with Gasteiger partial charge in [0.2, 0.25) is 5.88 Å². The van der Waals surface area contributed by atoms with Crippen molar-refractivity contribution in [2.24, 2.45) is 5.73 Å². The van der Waals surface area contributed by atoms with Gasteiger partial charge in [-0.2, -0.15) is 0 Å². The van der Waals surface area contributed by atoms with Gasteiger partial charge in [0.25, 0.3) is 11.8 Å². The Balaban J connectivity index is 1.77. The highest BCUT2D eigenvalue weighted by Crippen LogP contribution is 2.41. The maximum absolute atomic E-state index is 15.2. The Morgan fingerprint density at radius 3 is 2.65 bits per heavy atom. The molecular weight excluding hydrogens is 495 g/mol. The number of nitrogens with one attached hydrogen (secondary N) is 2. The Hall–Kier alpha value is -3.75. The number of amides is 2. The van der Waals surface area contributed by atoms with Crippen LogP contribution in [0.5, 0.6) is 5.88 Å². The van der Waals surface area contributed by atoms with Crippen molar-refractivity contribution < 1.29 is 18.7 Å². The number of nitrogens with zero attached hydrogens (tertiary/aromatic N) is 1. The molecule has 7 nitrogen and oxygen atoms in total. The molecule has 1 heterocycles. The highest BCUT2D eigenvalue weighted by atomic mass is 35.5. The first-order valence-electron chi connectivity index (χ1n) is 11.9. The number of methoxy groups -OCH3 is 1. The van der Waals surface area contributed by atoms with Gasteiger partial charge in [-0.25, -0.2) is 9.37 Å². The van der Waals surface area contributed by atoms with Crippen molar-refractivity contribution in [1.82, 2.24) is 10.3 Å². The van der Waals surface area contributed by atoms with Gasteiger partial charge in [-0.05, 0) is 55.5 Å². The van der Waals surface area contributed by atoms with E-state index in [0.717, 1.165) is 24.8 Å². The average molecular weight is 523 g/mol. The number of nitrogens with two attached hydrogens (primary N) is 1. The zero-order valence-corrected chi connectivity index (χ0v) is 21.6. The number of benzene rings is 2. The van der Waals surface area contributed by atoms with E-state index in [0.29, 0.717) is 39.0 Å². The smallest absolute Gasteiger partial charge is 0.260 e. The normalized spacial score (nSPS) is 12.8. The topological polar surface area (TPSA) is 106 Å². The van der Waals surface area contributed by atoms with Crippen LogP contribution in [0.4, 0.5) is 10.1 Å².